The highest BCUT2D eigenvalue weighted by Crippen LogP contribution is 2.18. The lowest BCUT2D eigenvalue weighted by Gasteiger charge is -2.17. The van der Waals surface area contributed by atoms with E-state index in [1.807, 2.05) is 0 Å². The largest absolute Gasteiger partial charge is 0.388 e. The van der Waals surface area contributed by atoms with E-state index in [0.29, 0.717) is 0 Å². The molecule has 0 aliphatic carbocycles. The zero-order chi connectivity index (χ0) is 14.4. The zero-order valence-electron chi connectivity index (χ0n) is 13.3. The maximum atomic E-state index is 4.18. The van der Waals surface area contributed by atoms with Crippen LogP contribution in [0.1, 0.15) is 48.9 Å². The molecule has 19 heavy (non-hydrogen) atoms. The van der Waals surface area contributed by atoms with E-state index in [-0.39, 0.29) is 0 Å². The first-order valence-electron chi connectivity index (χ1n) is 7.46. The van der Waals surface area contributed by atoms with E-state index >= 15 is 0 Å². The van der Waals surface area contributed by atoms with Crippen molar-refractivity contribution < 1.29 is 0 Å². The van der Waals surface area contributed by atoms with Crippen molar-refractivity contribution in [2.45, 2.75) is 53.9 Å². The minimum Gasteiger partial charge on any atom is -0.388 e. The Labute approximate surface area is 119 Å². The van der Waals surface area contributed by atoms with Crippen LogP contribution in [0.4, 0.5) is 0 Å². The van der Waals surface area contributed by atoms with Gasteiger partial charge in [0.15, 0.2) is 0 Å². The summed E-state index contributed by atoms with van der Waals surface area (Å²) < 4.78 is 0. The van der Waals surface area contributed by atoms with Crippen LogP contribution in [0.2, 0.25) is 0 Å². The normalized spacial score (nSPS) is 10.8. The monoisotopic (exact) mass is 259 g/mol. The molecule has 0 saturated heterocycles. The molecule has 1 aromatic rings. The lowest BCUT2D eigenvalue weighted by molar-refractivity contribution is 0.469. The third-order valence-electron chi connectivity index (χ3n) is 4.12. The number of benzene rings is 1. The number of allylic oxidation sites excluding steroid dienone is 1. The summed E-state index contributed by atoms with van der Waals surface area (Å²) in [5, 5.41) is 3.50. The Bertz CT molecular complexity index is 428. The number of aryl methyl sites for hydroxylation is 2. The second-order valence-electron chi connectivity index (χ2n) is 5.71. The molecular weight excluding hydrogens is 230 g/mol. The minimum absolute atomic E-state index is 0.761. The molecule has 0 atom stereocenters. The van der Waals surface area contributed by atoms with Gasteiger partial charge in [-0.25, -0.2) is 0 Å². The van der Waals surface area contributed by atoms with Gasteiger partial charge < -0.3 is 5.32 Å². The van der Waals surface area contributed by atoms with Crippen molar-refractivity contribution >= 4 is 0 Å². The smallest absolute Gasteiger partial charge is 0.0172 e. The second-order valence-corrected chi connectivity index (χ2v) is 5.71. The van der Waals surface area contributed by atoms with Crippen LogP contribution in [-0.4, -0.2) is 6.54 Å². The van der Waals surface area contributed by atoms with E-state index in [1.54, 1.807) is 0 Å². The topological polar surface area (TPSA) is 12.0 Å². The van der Waals surface area contributed by atoms with Crippen LogP contribution in [0, 0.1) is 26.7 Å². The molecule has 1 N–H and O–H groups in total. The molecule has 0 unspecified atom stereocenters. The highest BCUT2D eigenvalue weighted by atomic mass is 14.9. The molecule has 0 heterocycles. The van der Waals surface area contributed by atoms with Crippen molar-refractivity contribution in [3.63, 3.8) is 0 Å². The lowest BCUT2D eigenvalue weighted by atomic mass is 9.97. The summed E-state index contributed by atoms with van der Waals surface area (Å²) in [5.41, 5.74) is 6.66. The van der Waals surface area contributed by atoms with E-state index in [4.69, 9.17) is 0 Å². The van der Waals surface area contributed by atoms with Crippen LogP contribution >= 0.6 is 0 Å². The van der Waals surface area contributed by atoms with E-state index in [1.165, 1.54) is 35.1 Å². The minimum atomic E-state index is 0.761. The Hall–Kier alpha value is -1.24. The Morgan fingerprint density at radius 3 is 2.37 bits per heavy atom. The van der Waals surface area contributed by atoms with Gasteiger partial charge in [0.2, 0.25) is 0 Å². The Morgan fingerprint density at radius 1 is 1.16 bits per heavy atom. The molecule has 0 saturated carbocycles. The highest BCUT2D eigenvalue weighted by Gasteiger charge is 2.07. The maximum Gasteiger partial charge on any atom is 0.0172 e. The third-order valence-corrected chi connectivity index (χ3v) is 4.12. The fourth-order valence-electron chi connectivity index (χ4n) is 2.47. The van der Waals surface area contributed by atoms with Crippen molar-refractivity contribution in [1.82, 2.24) is 5.32 Å². The third kappa shape index (κ3) is 4.74. The lowest BCUT2D eigenvalue weighted by Crippen LogP contribution is -2.22. The summed E-state index contributed by atoms with van der Waals surface area (Å²) in [4.78, 5) is 0. The van der Waals surface area contributed by atoms with E-state index in [9.17, 15) is 0 Å². The van der Waals surface area contributed by atoms with Gasteiger partial charge in [0, 0.05) is 18.7 Å². The van der Waals surface area contributed by atoms with Crippen LogP contribution in [0.15, 0.2) is 24.4 Å². The molecule has 0 fully saturated rings. The first kappa shape index (κ1) is 15.8. The SMILES string of the molecule is C=C(Cc1cc(C)cc(C)c1C)NCC(CC)CC. The van der Waals surface area contributed by atoms with Crippen LogP contribution in [0.3, 0.4) is 0 Å². The average molecular weight is 259 g/mol. The van der Waals surface area contributed by atoms with Gasteiger partial charge in [-0.2, -0.15) is 0 Å². The summed E-state index contributed by atoms with van der Waals surface area (Å²) in [5.74, 6) is 0.761. The molecule has 0 aliphatic heterocycles. The molecule has 0 aliphatic rings. The van der Waals surface area contributed by atoms with E-state index < -0.39 is 0 Å². The highest BCUT2D eigenvalue weighted by molar-refractivity contribution is 5.38. The average Bonchev–Trinajstić information content (AvgIpc) is 2.36. The Balaban J connectivity index is 2.62. The molecule has 1 aromatic carbocycles. The van der Waals surface area contributed by atoms with E-state index in [2.05, 4.69) is 58.6 Å². The molecule has 0 aromatic heterocycles. The van der Waals surface area contributed by atoms with Crippen molar-refractivity contribution in [1.29, 1.82) is 0 Å². The van der Waals surface area contributed by atoms with Crippen LogP contribution in [0.25, 0.3) is 0 Å². The molecule has 1 rings (SSSR count). The predicted molar refractivity (Wildman–Crippen MR) is 85.6 cm³/mol. The fraction of sp³-hybridized carbons (Fsp3) is 0.556. The van der Waals surface area contributed by atoms with Gasteiger partial charge in [-0.05, 0) is 43.4 Å². The van der Waals surface area contributed by atoms with Gasteiger partial charge in [-0.3, -0.25) is 0 Å². The van der Waals surface area contributed by atoms with Crippen molar-refractivity contribution in [2.75, 3.05) is 6.54 Å². The number of rotatable bonds is 7. The molecular formula is C18H29N. The maximum absolute atomic E-state index is 4.18. The van der Waals surface area contributed by atoms with Crippen LogP contribution in [0.5, 0.6) is 0 Å². The first-order chi connectivity index (χ1) is 8.97. The summed E-state index contributed by atoms with van der Waals surface area (Å²) in [7, 11) is 0. The first-order valence-corrected chi connectivity index (χ1v) is 7.46. The summed E-state index contributed by atoms with van der Waals surface area (Å²) >= 11 is 0. The van der Waals surface area contributed by atoms with Gasteiger partial charge >= 0.3 is 0 Å². The van der Waals surface area contributed by atoms with Crippen molar-refractivity contribution in [3.05, 3.63) is 46.7 Å². The Morgan fingerprint density at radius 2 is 1.79 bits per heavy atom. The number of nitrogens with one attached hydrogen (secondary N) is 1. The van der Waals surface area contributed by atoms with Crippen LogP contribution < -0.4 is 5.32 Å². The van der Waals surface area contributed by atoms with Crippen LogP contribution in [-0.2, 0) is 6.42 Å². The van der Waals surface area contributed by atoms with Gasteiger partial charge in [-0.1, -0.05) is 51.0 Å². The molecule has 1 nitrogen and oxygen atoms in total. The summed E-state index contributed by atoms with van der Waals surface area (Å²) in [6.07, 6.45) is 3.41. The molecule has 0 radical (unpaired) electrons. The Kier molecular flexibility index (Phi) is 6.14. The predicted octanol–water partition coefficient (Wildman–Crippen LogP) is 4.69. The fourth-order valence-corrected chi connectivity index (χ4v) is 2.47. The van der Waals surface area contributed by atoms with Crippen molar-refractivity contribution in [3.8, 4) is 0 Å². The molecule has 0 spiro atoms. The summed E-state index contributed by atoms with van der Waals surface area (Å²) in [6, 6.07) is 4.53. The van der Waals surface area contributed by atoms with Gasteiger partial charge in [-0.15, -0.1) is 0 Å². The van der Waals surface area contributed by atoms with Gasteiger partial charge in [0.05, 0.1) is 0 Å². The molecule has 0 amide bonds. The molecule has 106 valence electrons. The number of hydrogen-bond donors (Lipinski definition) is 1. The molecule has 0 bridgehead atoms. The standard InChI is InChI=1S/C18H29N/c1-7-17(8-2)12-19-15(5)11-18-10-13(3)9-14(4)16(18)6/h9-10,17,19H,5,7-8,11-12H2,1-4,6H3. The second kappa shape index (κ2) is 7.37. The zero-order valence-corrected chi connectivity index (χ0v) is 13.3. The van der Waals surface area contributed by atoms with Gasteiger partial charge in [0.25, 0.3) is 0 Å². The van der Waals surface area contributed by atoms with E-state index in [0.717, 1.165) is 24.6 Å². The quantitative estimate of drug-likeness (QED) is 0.749. The van der Waals surface area contributed by atoms with Gasteiger partial charge in [0.1, 0.15) is 0 Å². The molecule has 1 heteroatoms. The summed E-state index contributed by atoms with van der Waals surface area (Å²) in [6.45, 7) is 16.3. The number of hydrogen-bond acceptors (Lipinski definition) is 1. The van der Waals surface area contributed by atoms with Crippen molar-refractivity contribution in [2.24, 2.45) is 5.92 Å².